The molecule has 1 rings (SSSR count). The summed E-state index contributed by atoms with van der Waals surface area (Å²) in [5, 5.41) is 18.4. The third kappa shape index (κ3) is 2.29. The number of hydrogen-bond donors (Lipinski definition) is 2. The van der Waals surface area contributed by atoms with Gasteiger partial charge in [-0.05, 0) is 12.0 Å². The Morgan fingerprint density at radius 2 is 2.00 bits per heavy atom. The first-order valence-corrected chi connectivity index (χ1v) is 4.13. The molecule has 0 radical (unpaired) electrons. The van der Waals surface area contributed by atoms with Gasteiger partial charge in [-0.1, -0.05) is 18.2 Å². The Bertz CT molecular complexity index is 294. The van der Waals surface area contributed by atoms with Crippen LogP contribution < -0.4 is 0 Å². The van der Waals surface area contributed by atoms with Gasteiger partial charge in [0.2, 0.25) is 0 Å². The molecule has 3 heteroatoms. The Morgan fingerprint density at radius 1 is 1.31 bits per heavy atom. The Labute approximate surface area is 76.6 Å². The lowest BCUT2D eigenvalue weighted by atomic mass is 10.1. The molecule has 13 heavy (non-hydrogen) atoms. The first kappa shape index (κ1) is 9.74. The molecule has 2 N–H and O–H groups in total. The second kappa shape index (κ2) is 4.62. The van der Waals surface area contributed by atoms with Crippen LogP contribution in [0.3, 0.4) is 0 Å². The van der Waals surface area contributed by atoms with E-state index in [1.54, 1.807) is 18.2 Å². The van der Waals surface area contributed by atoms with Crippen LogP contribution in [0.5, 0.6) is 5.75 Å². The van der Waals surface area contributed by atoms with Gasteiger partial charge in [0.05, 0.1) is 6.61 Å². The second-order valence-electron chi connectivity index (χ2n) is 2.79. The number of carbonyl (C=O) groups is 1. The standard InChI is InChI=1S/C10H12O3/c11-6-2-5-8-3-1-4-9(7-12)10(8)13/h1,3-4,6,12-13H,2,5,7H2. The van der Waals surface area contributed by atoms with Crippen molar-refractivity contribution in [1.82, 2.24) is 0 Å². The van der Waals surface area contributed by atoms with Gasteiger partial charge in [0, 0.05) is 12.0 Å². The van der Waals surface area contributed by atoms with Crippen LogP contribution >= 0.6 is 0 Å². The highest BCUT2D eigenvalue weighted by atomic mass is 16.3. The van der Waals surface area contributed by atoms with Crippen molar-refractivity contribution in [3.63, 3.8) is 0 Å². The summed E-state index contributed by atoms with van der Waals surface area (Å²) < 4.78 is 0. The van der Waals surface area contributed by atoms with Crippen LogP contribution in [0.2, 0.25) is 0 Å². The van der Waals surface area contributed by atoms with Crippen LogP contribution in [0.1, 0.15) is 17.5 Å². The first-order valence-electron chi connectivity index (χ1n) is 4.13. The number of para-hydroxylation sites is 1. The van der Waals surface area contributed by atoms with Gasteiger partial charge in [0.1, 0.15) is 12.0 Å². The average Bonchev–Trinajstić information content (AvgIpc) is 2.16. The predicted molar refractivity (Wildman–Crippen MR) is 48.4 cm³/mol. The quantitative estimate of drug-likeness (QED) is 0.680. The van der Waals surface area contributed by atoms with Crippen molar-refractivity contribution in [3.05, 3.63) is 29.3 Å². The molecule has 0 unspecified atom stereocenters. The van der Waals surface area contributed by atoms with E-state index in [4.69, 9.17) is 5.11 Å². The highest BCUT2D eigenvalue weighted by molar-refractivity contribution is 5.51. The molecule has 0 bridgehead atoms. The zero-order valence-corrected chi connectivity index (χ0v) is 7.23. The average molecular weight is 180 g/mol. The van der Waals surface area contributed by atoms with Gasteiger partial charge in [-0.2, -0.15) is 0 Å². The summed E-state index contributed by atoms with van der Waals surface area (Å²) in [5.74, 6) is 0.104. The molecular formula is C10H12O3. The third-order valence-electron chi connectivity index (χ3n) is 1.91. The van der Waals surface area contributed by atoms with Crippen LogP contribution in [0.15, 0.2) is 18.2 Å². The summed E-state index contributed by atoms with van der Waals surface area (Å²) in [6.45, 7) is -0.180. The molecule has 70 valence electrons. The molecule has 0 saturated heterocycles. The number of aryl methyl sites for hydroxylation is 1. The molecule has 1 aromatic rings. The molecular weight excluding hydrogens is 168 g/mol. The zero-order chi connectivity index (χ0) is 9.68. The van der Waals surface area contributed by atoms with Gasteiger partial charge >= 0.3 is 0 Å². The highest BCUT2D eigenvalue weighted by Gasteiger charge is 2.04. The summed E-state index contributed by atoms with van der Waals surface area (Å²) in [7, 11) is 0. The molecule has 0 spiro atoms. The normalized spacial score (nSPS) is 9.92. The molecule has 0 fully saturated rings. The number of benzene rings is 1. The van der Waals surface area contributed by atoms with Gasteiger partial charge in [0.15, 0.2) is 0 Å². The molecule has 3 nitrogen and oxygen atoms in total. The largest absolute Gasteiger partial charge is 0.507 e. The number of aliphatic hydroxyl groups excluding tert-OH is 1. The van der Waals surface area contributed by atoms with Crippen molar-refractivity contribution < 1.29 is 15.0 Å². The van der Waals surface area contributed by atoms with Crippen LogP contribution in [0.25, 0.3) is 0 Å². The maximum absolute atomic E-state index is 10.1. The van der Waals surface area contributed by atoms with E-state index in [1.165, 1.54) is 0 Å². The maximum atomic E-state index is 10.1. The van der Waals surface area contributed by atoms with Crippen LogP contribution in [0, 0.1) is 0 Å². The molecule has 0 aliphatic carbocycles. The second-order valence-corrected chi connectivity index (χ2v) is 2.79. The minimum Gasteiger partial charge on any atom is -0.507 e. The van der Waals surface area contributed by atoms with E-state index in [-0.39, 0.29) is 12.4 Å². The lowest BCUT2D eigenvalue weighted by Crippen LogP contribution is -1.91. The molecule has 0 saturated carbocycles. The summed E-state index contributed by atoms with van der Waals surface area (Å²) in [4.78, 5) is 10.1. The number of rotatable bonds is 4. The minimum atomic E-state index is -0.180. The molecule has 0 atom stereocenters. The summed E-state index contributed by atoms with van der Waals surface area (Å²) >= 11 is 0. The fourth-order valence-electron chi connectivity index (χ4n) is 1.19. The fourth-order valence-corrected chi connectivity index (χ4v) is 1.19. The van der Waals surface area contributed by atoms with E-state index in [1.807, 2.05) is 0 Å². The van der Waals surface area contributed by atoms with Crippen LogP contribution in [0.4, 0.5) is 0 Å². The molecule has 1 aromatic carbocycles. The van der Waals surface area contributed by atoms with Crippen molar-refractivity contribution in [2.45, 2.75) is 19.4 Å². The lowest BCUT2D eigenvalue weighted by molar-refractivity contribution is -0.107. The SMILES string of the molecule is O=CCCc1cccc(CO)c1O. The number of aromatic hydroxyl groups is 1. The first-order chi connectivity index (χ1) is 6.29. The molecule has 0 amide bonds. The Morgan fingerprint density at radius 3 is 2.62 bits per heavy atom. The monoisotopic (exact) mass is 180 g/mol. The van der Waals surface area contributed by atoms with Crippen molar-refractivity contribution in [2.75, 3.05) is 0 Å². The topological polar surface area (TPSA) is 57.5 Å². The van der Waals surface area contributed by atoms with E-state index in [9.17, 15) is 9.90 Å². The van der Waals surface area contributed by atoms with Gasteiger partial charge in [-0.25, -0.2) is 0 Å². The Balaban J connectivity index is 2.87. The van der Waals surface area contributed by atoms with Crippen LogP contribution in [-0.2, 0) is 17.8 Å². The number of hydrogen-bond acceptors (Lipinski definition) is 3. The molecule has 0 aliphatic rings. The Kier molecular flexibility index (Phi) is 3.46. The summed E-state index contributed by atoms with van der Waals surface area (Å²) in [6.07, 6.45) is 1.72. The van der Waals surface area contributed by atoms with Gasteiger partial charge in [0.25, 0.3) is 0 Å². The van der Waals surface area contributed by atoms with Crippen molar-refractivity contribution >= 4 is 6.29 Å². The number of aliphatic hydroxyl groups is 1. The fraction of sp³-hybridized carbons (Fsp3) is 0.300. The van der Waals surface area contributed by atoms with E-state index >= 15 is 0 Å². The maximum Gasteiger partial charge on any atom is 0.124 e. The number of carbonyl (C=O) groups excluding carboxylic acids is 1. The van der Waals surface area contributed by atoms with Gasteiger partial charge in [-0.15, -0.1) is 0 Å². The lowest BCUT2D eigenvalue weighted by Gasteiger charge is -2.05. The van der Waals surface area contributed by atoms with E-state index in [0.29, 0.717) is 24.0 Å². The highest BCUT2D eigenvalue weighted by Crippen LogP contribution is 2.23. The predicted octanol–water partition coefficient (Wildman–Crippen LogP) is 1.02. The molecule has 0 heterocycles. The minimum absolute atomic E-state index is 0.104. The van der Waals surface area contributed by atoms with Gasteiger partial charge in [-0.3, -0.25) is 0 Å². The summed E-state index contributed by atoms with van der Waals surface area (Å²) in [5.41, 5.74) is 1.21. The summed E-state index contributed by atoms with van der Waals surface area (Å²) in [6, 6.07) is 5.16. The molecule has 0 aliphatic heterocycles. The smallest absolute Gasteiger partial charge is 0.124 e. The Hall–Kier alpha value is -1.35. The number of aldehydes is 1. The molecule has 0 aromatic heterocycles. The van der Waals surface area contributed by atoms with Gasteiger partial charge < -0.3 is 15.0 Å². The van der Waals surface area contributed by atoms with E-state index < -0.39 is 0 Å². The van der Waals surface area contributed by atoms with E-state index in [0.717, 1.165) is 6.29 Å². The number of phenols is 1. The third-order valence-corrected chi connectivity index (χ3v) is 1.91. The zero-order valence-electron chi connectivity index (χ0n) is 7.23. The van der Waals surface area contributed by atoms with Crippen molar-refractivity contribution in [2.24, 2.45) is 0 Å². The van der Waals surface area contributed by atoms with Crippen LogP contribution in [-0.4, -0.2) is 16.5 Å². The van der Waals surface area contributed by atoms with Crippen molar-refractivity contribution in [3.8, 4) is 5.75 Å². The van der Waals surface area contributed by atoms with E-state index in [2.05, 4.69) is 0 Å². The van der Waals surface area contributed by atoms with Crippen molar-refractivity contribution in [1.29, 1.82) is 0 Å².